The maximum Gasteiger partial charge on any atom is 0.163 e. The van der Waals surface area contributed by atoms with Crippen LogP contribution < -0.4 is 4.74 Å². The standard InChI is InChI=1S/C32H44O4.C26H34O2/c1-10-32(11-2,25-14-12-24(22(3)18-25)13-17-29(33)30(5,6)7)26-15-16-28(23(4)19-26)34-20-27-21-35-31(8,9)36-27;1-8-26(9-2,22-13-14-23(27)19(4)17-22)21-12-10-20(18(3)16-21)11-15-24(28)25(5,6)7/h12,14-16,18-19,27,29,33H,10-11,20-21H2,1-9H3;10,12-14,16-17,24,27-28H,8-9H2,1-7H3/t27-,29?;/m1./s1. The third-order valence-electron chi connectivity index (χ3n) is 13.3. The molecule has 0 aliphatic carbocycles. The Morgan fingerprint density at radius 3 is 1.34 bits per heavy atom. The molecule has 346 valence electrons. The Balaban J connectivity index is 0.000000290. The monoisotopic (exact) mass is 871 g/mol. The zero-order chi connectivity index (χ0) is 47.8. The second kappa shape index (κ2) is 21.2. The minimum atomic E-state index is -0.662. The van der Waals surface area contributed by atoms with Crippen LogP contribution in [0.1, 0.15) is 164 Å². The largest absolute Gasteiger partial charge is 0.508 e. The fraction of sp³-hybridized carbons (Fsp3) is 0.517. The van der Waals surface area contributed by atoms with Crippen LogP contribution in [0.3, 0.4) is 0 Å². The van der Waals surface area contributed by atoms with Crippen molar-refractivity contribution in [3.8, 4) is 35.2 Å². The van der Waals surface area contributed by atoms with Crippen LogP contribution >= 0.6 is 0 Å². The van der Waals surface area contributed by atoms with E-state index in [-0.39, 0.29) is 27.8 Å². The third kappa shape index (κ3) is 12.4. The second-order valence-corrected chi connectivity index (χ2v) is 20.5. The quantitative estimate of drug-likeness (QED) is 0.130. The van der Waals surface area contributed by atoms with Gasteiger partial charge in [0.2, 0.25) is 0 Å². The molecule has 1 saturated heterocycles. The number of benzene rings is 4. The van der Waals surface area contributed by atoms with Gasteiger partial charge in [0.05, 0.1) is 6.61 Å². The van der Waals surface area contributed by atoms with Gasteiger partial charge in [-0.15, -0.1) is 0 Å². The first-order valence-electron chi connectivity index (χ1n) is 23.3. The summed E-state index contributed by atoms with van der Waals surface area (Å²) in [5.41, 5.74) is 10.6. The Labute approximate surface area is 387 Å². The minimum absolute atomic E-state index is 0.0569. The molecule has 64 heavy (non-hydrogen) atoms. The lowest BCUT2D eigenvalue weighted by Crippen LogP contribution is -2.27. The van der Waals surface area contributed by atoms with E-state index in [2.05, 4.69) is 133 Å². The summed E-state index contributed by atoms with van der Waals surface area (Å²) in [6.07, 6.45) is 2.54. The van der Waals surface area contributed by atoms with E-state index in [1.54, 1.807) is 6.07 Å². The topological polar surface area (TPSA) is 88.4 Å². The Morgan fingerprint density at radius 1 is 0.609 bits per heavy atom. The molecule has 0 saturated carbocycles. The molecule has 0 spiro atoms. The number of ether oxygens (including phenoxy) is 3. The highest BCUT2D eigenvalue weighted by molar-refractivity contribution is 5.51. The highest BCUT2D eigenvalue weighted by Gasteiger charge is 2.35. The lowest BCUT2D eigenvalue weighted by Gasteiger charge is -2.34. The molecule has 2 unspecified atom stereocenters. The summed E-state index contributed by atoms with van der Waals surface area (Å²) in [7, 11) is 0. The van der Waals surface area contributed by atoms with Crippen LogP contribution in [0.15, 0.2) is 72.8 Å². The van der Waals surface area contributed by atoms with Crippen LogP contribution in [0.5, 0.6) is 11.5 Å². The maximum atomic E-state index is 10.3. The summed E-state index contributed by atoms with van der Waals surface area (Å²) < 4.78 is 17.6. The van der Waals surface area contributed by atoms with Crippen LogP contribution in [0.4, 0.5) is 0 Å². The summed E-state index contributed by atoms with van der Waals surface area (Å²) in [6, 6.07) is 25.5. The van der Waals surface area contributed by atoms with E-state index in [0.717, 1.165) is 64.8 Å². The van der Waals surface area contributed by atoms with Gasteiger partial charge in [-0.2, -0.15) is 0 Å². The van der Waals surface area contributed by atoms with Crippen molar-refractivity contribution in [1.29, 1.82) is 0 Å². The van der Waals surface area contributed by atoms with Crippen molar-refractivity contribution in [2.24, 2.45) is 10.8 Å². The highest BCUT2D eigenvalue weighted by Crippen LogP contribution is 2.42. The third-order valence-corrected chi connectivity index (χ3v) is 13.3. The minimum Gasteiger partial charge on any atom is -0.508 e. The van der Waals surface area contributed by atoms with Crippen LogP contribution in [0, 0.1) is 62.2 Å². The predicted octanol–water partition coefficient (Wildman–Crippen LogP) is 12.6. The average molecular weight is 871 g/mol. The molecule has 4 aromatic rings. The Bertz CT molecular complexity index is 2320. The van der Waals surface area contributed by atoms with Gasteiger partial charge in [-0.1, -0.05) is 141 Å². The van der Waals surface area contributed by atoms with E-state index in [1.165, 1.54) is 22.3 Å². The van der Waals surface area contributed by atoms with Gasteiger partial charge in [-0.3, -0.25) is 0 Å². The molecular weight excluding hydrogens is 793 g/mol. The first-order valence-corrected chi connectivity index (χ1v) is 23.3. The molecule has 5 rings (SSSR count). The molecule has 1 aliphatic rings. The number of phenols is 1. The van der Waals surface area contributed by atoms with Crippen LogP contribution in [-0.2, 0) is 20.3 Å². The van der Waals surface area contributed by atoms with Gasteiger partial charge in [0.25, 0.3) is 0 Å². The molecule has 0 amide bonds. The summed E-state index contributed by atoms with van der Waals surface area (Å²) in [4.78, 5) is 0. The van der Waals surface area contributed by atoms with Crippen LogP contribution in [0.2, 0.25) is 0 Å². The lowest BCUT2D eigenvalue weighted by molar-refractivity contribution is -0.141. The van der Waals surface area contributed by atoms with Crippen molar-refractivity contribution in [1.82, 2.24) is 0 Å². The first-order chi connectivity index (χ1) is 29.9. The number of aromatic hydroxyl groups is 1. The highest BCUT2D eigenvalue weighted by atomic mass is 16.7. The number of aliphatic hydroxyl groups is 2. The van der Waals surface area contributed by atoms with Gasteiger partial charge in [0.15, 0.2) is 5.79 Å². The Hall–Kier alpha value is -4.56. The molecule has 3 atom stereocenters. The first kappa shape index (κ1) is 52.1. The lowest BCUT2D eigenvalue weighted by atomic mass is 9.70. The van der Waals surface area contributed by atoms with Gasteiger partial charge in [0.1, 0.15) is 36.4 Å². The molecule has 6 heteroatoms. The van der Waals surface area contributed by atoms with Crippen molar-refractivity contribution in [3.63, 3.8) is 0 Å². The number of rotatable bonds is 11. The van der Waals surface area contributed by atoms with Gasteiger partial charge in [-0.05, 0) is 147 Å². The smallest absolute Gasteiger partial charge is 0.163 e. The molecule has 3 N–H and O–H groups in total. The van der Waals surface area contributed by atoms with E-state index in [1.807, 2.05) is 68.4 Å². The van der Waals surface area contributed by atoms with Crippen molar-refractivity contribution < 1.29 is 29.5 Å². The van der Waals surface area contributed by atoms with Crippen LogP contribution in [-0.4, -0.2) is 52.6 Å². The fourth-order valence-electron chi connectivity index (χ4n) is 8.48. The van der Waals surface area contributed by atoms with Gasteiger partial charge in [0, 0.05) is 22.0 Å². The molecule has 0 aromatic heterocycles. The zero-order valence-corrected chi connectivity index (χ0v) is 42.0. The van der Waals surface area contributed by atoms with E-state index in [9.17, 15) is 15.3 Å². The van der Waals surface area contributed by atoms with Crippen molar-refractivity contribution in [2.45, 2.75) is 171 Å². The molecular formula is C58H78O6. The van der Waals surface area contributed by atoms with Gasteiger partial charge in [-0.25, -0.2) is 0 Å². The number of aryl methyl sites for hydroxylation is 4. The molecule has 1 heterocycles. The second-order valence-electron chi connectivity index (χ2n) is 20.5. The van der Waals surface area contributed by atoms with Crippen molar-refractivity contribution in [3.05, 3.63) is 128 Å². The van der Waals surface area contributed by atoms with E-state index >= 15 is 0 Å². The molecule has 0 bridgehead atoms. The summed E-state index contributed by atoms with van der Waals surface area (Å²) in [5.74, 6) is 13.0. The zero-order valence-electron chi connectivity index (χ0n) is 42.0. The van der Waals surface area contributed by atoms with Crippen molar-refractivity contribution in [2.75, 3.05) is 13.2 Å². The predicted molar refractivity (Wildman–Crippen MR) is 264 cm³/mol. The summed E-state index contributed by atoms with van der Waals surface area (Å²) in [6.45, 7) is 34.0. The number of hydrogen-bond acceptors (Lipinski definition) is 6. The van der Waals surface area contributed by atoms with Gasteiger partial charge < -0.3 is 29.5 Å². The number of aliphatic hydroxyl groups excluding tert-OH is 2. The van der Waals surface area contributed by atoms with Gasteiger partial charge >= 0.3 is 0 Å². The Morgan fingerprint density at radius 2 is 1.00 bits per heavy atom. The van der Waals surface area contributed by atoms with Crippen LogP contribution in [0.25, 0.3) is 0 Å². The van der Waals surface area contributed by atoms with E-state index in [0.29, 0.717) is 19.0 Å². The maximum absolute atomic E-state index is 10.3. The normalized spacial score (nSPS) is 16.1. The SMILES string of the molecule is CCC(CC)(c1ccc(C#CC(O)C(C)(C)C)c(C)c1)c1ccc(OC[C@@H]2COC(C)(C)O2)c(C)c1.CCC(CC)(c1ccc(O)c(C)c1)c1ccc(C#CC(O)C(C)(C)C)c(C)c1. The average Bonchev–Trinajstić information content (AvgIpc) is 3.59. The van der Waals surface area contributed by atoms with E-state index in [4.69, 9.17) is 14.2 Å². The fourth-order valence-corrected chi connectivity index (χ4v) is 8.48. The summed E-state index contributed by atoms with van der Waals surface area (Å²) >= 11 is 0. The molecule has 1 aliphatic heterocycles. The number of hydrogen-bond donors (Lipinski definition) is 3. The molecule has 6 nitrogen and oxygen atoms in total. The Kier molecular flexibility index (Phi) is 17.2. The molecule has 0 radical (unpaired) electrons. The number of phenolic OH excluding ortho intramolecular Hbond substituents is 1. The van der Waals surface area contributed by atoms with Crippen molar-refractivity contribution >= 4 is 0 Å². The van der Waals surface area contributed by atoms with E-state index < -0.39 is 18.0 Å². The molecule has 4 aromatic carbocycles. The molecule has 1 fully saturated rings. The summed E-state index contributed by atoms with van der Waals surface area (Å²) in [5, 5.41) is 30.5.